The van der Waals surface area contributed by atoms with Crippen LogP contribution in [-0.4, -0.2) is 77.2 Å². The number of hydrogen-bond acceptors (Lipinski definition) is 8. The first kappa shape index (κ1) is 35.5. The molecule has 5 atom stereocenters. The van der Waals surface area contributed by atoms with E-state index in [1.165, 1.54) is 5.56 Å². The zero-order chi connectivity index (χ0) is 34.0. The Kier molecular flexibility index (Phi) is 11.3. The molecule has 2 fully saturated rings. The maximum Gasteiger partial charge on any atom is 0.264 e. The molecule has 3 aliphatic heterocycles. The van der Waals surface area contributed by atoms with Crippen molar-refractivity contribution < 1.29 is 27.4 Å². The van der Waals surface area contributed by atoms with Crippen molar-refractivity contribution in [2.45, 2.75) is 89.4 Å². The first-order valence-electron chi connectivity index (χ1n) is 17.7. The van der Waals surface area contributed by atoms with E-state index in [2.05, 4.69) is 28.6 Å². The number of likely N-dealkylation sites (N-methyl/N-ethyl adjacent to an activating group) is 1. The van der Waals surface area contributed by atoms with Crippen molar-refractivity contribution in [2.24, 2.45) is 23.7 Å². The SMILES string of the molecule is C[C@@H]1[C@@H](C)CCC[C@H]([C@H]2OC[C@H](N(C)C)CO2)[C@@H]2CC[C@H]2CN2CCCCc3cc(Cl)ccc3COc3ccc(cc32)C(=O)NS1(=O)=O. The van der Waals surface area contributed by atoms with E-state index in [1.807, 2.05) is 37.3 Å². The van der Waals surface area contributed by atoms with Crippen molar-refractivity contribution in [1.82, 2.24) is 9.62 Å². The van der Waals surface area contributed by atoms with Gasteiger partial charge in [-0.15, -0.1) is 0 Å². The van der Waals surface area contributed by atoms with E-state index in [4.69, 9.17) is 25.8 Å². The van der Waals surface area contributed by atoms with Gasteiger partial charge in [0, 0.05) is 29.6 Å². The van der Waals surface area contributed by atoms with E-state index in [0.717, 1.165) is 80.7 Å². The smallest absolute Gasteiger partial charge is 0.264 e. The molecule has 2 bridgehead atoms. The molecule has 1 amide bonds. The Morgan fingerprint density at radius 1 is 0.917 bits per heavy atom. The van der Waals surface area contributed by atoms with Gasteiger partial charge in [-0.2, -0.15) is 0 Å². The lowest BCUT2D eigenvalue weighted by Crippen LogP contribution is -2.50. The molecule has 1 saturated carbocycles. The fraction of sp³-hybridized carbons (Fsp3) is 0.649. The van der Waals surface area contributed by atoms with E-state index < -0.39 is 21.2 Å². The van der Waals surface area contributed by atoms with Gasteiger partial charge in [-0.05, 0) is 125 Å². The Morgan fingerprint density at radius 3 is 2.44 bits per heavy atom. The molecular formula is C37H52ClN3O6S. The van der Waals surface area contributed by atoms with Gasteiger partial charge in [0.15, 0.2) is 6.29 Å². The van der Waals surface area contributed by atoms with Gasteiger partial charge in [0.1, 0.15) is 12.4 Å². The predicted octanol–water partition coefficient (Wildman–Crippen LogP) is 6.28. The number of nitrogens with zero attached hydrogens (tertiary/aromatic N) is 2. The number of carbonyl (C=O) groups excluding carboxylic acids is 1. The molecule has 48 heavy (non-hydrogen) atoms. The van der Waals surface area contributed by atoms with Crippen molar-refractivity contribution in [3.05, 3.63) is 58.1 Å². The molecule has 6 rings (SSSR count). The summed E-state index contributed by atoms with van der Waals surface area (Å²) < 4.78 is 48.7. The number of rotatable bonds is 2. The zero-order valence-corrected chi connectivity index (χ0v) is 30.4. The number of carbonyl (C=O) groups is 1. The second-order valence-corrected chi connectivity index (χ2v) is 17.2. The average molecular weight is 702 g/mol. The number of anilines is 1. The summed E-state index contributed by atoms with van der Waals surface area (Å²) in [5.41, 5.74) is 3.42. The zero-order valence-electron chi connectivity index (χ0n) is 28.8. The van der Waals surface area contributed by atoms with Crippen LogP contribution in [0.2, 0.25) is 5.02 Å². The van der Waals surface area contributed by atoms with Gasteiger partial charge in [0.25, 0.3) is 5.91 Å². The van der Waals surface area contributed by atoms with Crippen LogP contribution >= 0.6 is 11.6 Å². The summed E-state index contributed by atoms with van der Waals surface area (Å²) in [6.07, 6.45) is 7.34. The summed E-state index contributed by atoms with van der Waals surface area (Å²) in [6.45, 7) is 6.94. The van der Waals surface area contributed by atoms with E-state index in [1.54, 1.807) is 13.0 Å². The van der Waals surface area contributed by atoms with Gasteiger partial charge >= 0.3 is 0 Å². The molecule has 2 aromatic carbocycles. The molecule has 3 heterocycles. The number of benzene rings is 2. The lowest BCUT2D eigenvalue weighted by Gasteiger charge is -2.48. The van der Waals surface area contributed by atoms with E-state index >= 15 is 0 Å². The third-order valence-corrected chi connectivity index (χ3v) is 13.6. The van der Waals surface area contributed by atoms with Crippen LogP contribution in [0.4, 0.5) is 5.69 Å². The largest absolute Gasteiger partial charge is 0.487 e. The van der Waals surface area contributed by atoms with Crippen molar-refractivity contribution >= 4 is 33.2 Å². The summed E-state index contributed by atoms with van der Waals surface area (Å²) in [7, 11) is 0.212. The topological polar surface area (TPSA) is 97.4 Å². The van der Waals surface area contributed by atoms with Gasteiger partial charge in [-0.1, -0.05) is 31.0 Å². The minimum absolute atomic E-state index is 0.124. The van der Waals surface area contributed by atoms with Crippen LogP contribution in [0.25, 0.3) is 0 Å². The fourth-order valence-electron chi connectivity index (χ4n) is 7.85. The Balaban J connectivity index is 1.35. The van der Waals surface area contributed by atoms with Crippen LogP contribution in [0.1, 0.15) is 80.3 Å². The molecule has 0 unspecified atom stereocenters. The van der Waals surface area contributed by atoms with E-state index in [0.29, 0.717) is 43.0 Å². The van der Waals surface area contributed by atoms with Crippen LogP contribution in [0, 0.1) is 23.7 Å². The Labute approximate surface area is 291 Å². The highest BCUT2D eigenvalue weighted by molar-refractivity contribution is 7.90. The lowest BCUT2D eigenvalue weighted by atomic mass is 9.65. The molecule has 1 saturated heterocycles. The van der Waals surface area contributed by atoms with Gasteiger partial charge in [0.2, 0.25) is 10.0 Å². The molecular weight excluding hydrogens is 650 g/mol. The second-order valence-electron chi connectivity index (χ2n) is 14.7. The van der Waals surface area contributed by atoms with Crippen molar-refractivity contribution in [2.75, 3.05) is 45.3 Å². The molecule has 4 aliphatic rings. The number of hydrogen-bond donors (Lipinski definition) is 1. The predicted molar refractivity (Wildman–Crippen MR) is 189 cm³/mol. The van der Waals surface area contributed by atoms with Crippen molar-refractivity contribution in [3.63, 3.8) is 0 Å². The number of amides is 1. The first-order chi connectivity index (χ1) is 23.0. The second kappa shape index (κ2) is 15.3. The molecule has 264 valence electrons. The average Bonchev–Trinajstić information content (AvgIpc) is 3.08. The number of sulfonamides is 1. The number of fused-ring (bicyclic) bond motifs is 3. The molecule has 1 N–H and O–H groups in total. The van der Waals surface area contributed by atoms with Crippen LogP contribution in [-0.2, 0) is 32.5 Å². The normalized spacial score (nSPS) is 31.7. The highest BCUT2D eigenvalue weighted by Gasteiger charge is 2.44. The maximum absolute atomic E-state index is 13.5. The van der Waals surface area contributed by atoms with Crippen LogP contribution in [0.5, 0.6) is 5.75 Å². The monoisotopic (exact) mass is 701 g/mol. The maximum atomic E-state index is 13.5. The lowest BCUT2D eigenvalue weighted by molar-refractivity contribution is -0.240. The van der Waals surface area contributed by atoms with E-state index in [-0.39, 0.29) is 24.2 Å². The van der Waals surface area contributed by atoms with Crippen molar-refractivity contribution in [1.29, 1.82) is 0 Å². The highest BCUT2D eigenvalue weighted by Crippen LogP contribution is 2.46. The number of nitrogens with one attached hydrogen (secondary N) is 1. The minimum Gasteiger partial charge on any atom is -0.487 e. The fourth-order valence-corrected chi connectivity index (χ4v) is 9.35. The van der Waals surface area contributed by atoms with Crippen LogP contribution < -0.4 is 14.4 Å². The van der Waals surface area contributed by atoms with Gasteiger partial charge in [-0.25, -0.2) is 13.1 Å². The molecule has 2 aromatic rings. The van der Waals surface area contributed by atoms with Gasteiger partial charge in [-0.3, -0.25) is 4.79 Å². The van der Waals surface area contributed by atoms with Crippen LogP contribution in [0.15, 0.2) is 36.4 Å². The summed E-state index contributed by atoms with van der Waals surface area (Å²) in [5, 5.41) is -0.00120. The van der Waals surface area contributed by atoms with Crippen LogP contribution in [0.3, 0.4) is 0 Å². The molecule has 0 radical (unpaired) electrons. The molecule has 0 aromatic heterocycles. The summed E-state index contributed by atoms with van der Waals surface area (Å²) >= 11 is 6.37. The summed E-state index contributed by atoms with van der Waals surface area (Å²) in [6, 6.07) is 11.5. The van der Waals surface area contributed by atoms with Crippen molar-refractivity contribution in [3.8, 4) is 5.75 Å². The molecule has 0 spiro atoms. The Morgan fingerprint density at radius 2 is 1.71 bits per heavy atom. The van der Waals surface area contributed by atoms with Gasteiger partial charge < -0.3 is 24.0 Å². The third-order valence-electron chi connectivity index (χ3n) is 11.4. The summed E-state index contributed by atoms with van der Waals surface area (Å²) in [4.78, 5) is 18.0. The van der Waals surface area contributed by atoms with E-state index in [9.17, 15) is 13.2 Å². The Bertz CT molecular complexity index is 1550. The highest BCUT2D eigenvalue weighted by atomic mass is 35.5. The molecule has 9 nitrogen and oxygen atoms in total. The minimum atomic E-state index is -3.90. The number of ether oxygens (including phenoxy) is 3. The van der Waals surface area contributed by atoms with Gasteiger partial charge in [0.05, 0.1) is 30.2 Å². The molecule has 1 aliphatic carbocycles. The summed E-state index contributed by atoms with van der Waals surface area (Å²) in [5.74, 6) is 1.04. The standard InChI is InChI=1S/C37H52ClN3O6S/c1-24-8-7-10-33(37-46-22-31(23-47-37)40(3)4)32-15-12-28(32)20-41-17-6-5-9-26-18-30(38)14-11-29(26)21-45-35-16-13-27(19-34(35)41)36(42)39-48(43,44)25(24)2/h11,13-14,16,18-19,24-25,28,31-33,37H,5-10,12,15,17,20-23H2,1-4H3,(H,39,42)/t24-,25+,28-,31-,32+,33-,37-/m0/s1. The molecule has 11 heteroatoms. The quantitative estimate of drug-likeness (QED) is 0.391. The Hall–Kier alpha value is -2.37. The number of halogens is 1. The third kappa shape index (κ3) is 7.99. The first-order valence-corrected chi connectivity index (χ1v) is 19.7. The number of aryl methyl sites for hydroxylation is 1.